The van der Waals surface area contributed by atoms with Gasteiger partial charge in [-0.25, -0.2) is 0 Å². The van der Waals surface area contributed by atoms with Crippen molar-refractivity contribution in [3.63, 3.8) is 0 Å². The van der Waals surface area contributed by atoms with E-state index in [0.717, 1.165) is 49.0 Å². The Kier molecular flexibility index (Phi) is 7.34. The zero-order chi connectivity index (χ0) is 34.5. The van der Waals surface area contributed by atoms with Crippen LogP contribution in [0.1, 0.15) is 0 Å². The molecule has 0 unspecified atom stereocenters. The molecule has 18 radical (unpaired) electrons. The first kappa shape index (κ1) is 31.5. The fourth-order valence-electron chi connectivity index (χ4n) is 7.04. The van der Waals surface area contributed by atoms with Crippen LogP contribution in [0.15, 0.2) is 89.3 Å². The molecule has 1 aromatic heterocycles. The van der Waals surface area contributed by atoms with Gasteiger partial charge in [0, 0.05) is 10.8 Å². The van der Waals surface area contributed by atoms with Crippen LogP contribution in [0.2, 0.25) is 0 Å². The minimum Gasteiger partial charge on any atom is -0.509 e. The summed E-state index contributed by atoms with van der Waals surface area (Å²) >= 11 is 0. The maximum atomic E-state index is 10.6. The Morgan fingerprint density at radius 1 is 0.347 bits per heavy atom. The van der Waals surface area contributed by atoms with Gasteiger partial charge in [0.1, 0.15) is 87.5 Å². The van der Waals surface area contributed by atoms with Gasteiger partial charge in [0.25, 0.3) is 0 Å². The molecule has 0 aliphatic carbocycles. The highest BCUT2D eigenvalue weighted by molar-refractivity contribution is 6.69. The van der Waals surface area contributed by atoms with E-state index in [4.69, 9.17) is 75.0 Å². The number of aromatic hydroxyl groups is 1. The van der Waals surface area contributed by atoms with Crippen LogP contribution in [0.3, 0.4) is 0 Å². The van der Waals surface area contributed by atoms with Crippen LogP contribution in [-0.4, -0.2) is 75.7 Å². The van der Waals surface area contributed by atoms with Gasteiger partial charge < -0.3 is 9.52 Å². The highest BCUT2D eigenvalue weighted by Crippen LogP contribution is 2.44. The lowest BCUT2D eigenvalue weighted by Gasteiger charge is -2.25. The summed E-state index contributed by atoms with van der Waals surface area (Å²) in [4.78, 5) is 0. The van der Waals surface area contributed by atoms with E-state index in [9.17, 15) is 5.11 Å². The van der Waals surface area contributed by atoms with Gasteiger partial charge in [0.05, 0.1) is 0 Å². The normalized spacial score (nSPS) is 11.7. The van der Waals surface area contributed by atoms with Crippen LogP contribution in [0.5, 0.6) is 5.75 Å². The van der Waals surface area contributed by atoms with Crippen molar-refractivity contribution in [2.75, 3.05) is 0 Å². The van der Waals surface area contributed by atoms with Gasteiger partial charge in [-0.3, -0.25) is 0 Å². The molecule has 1 N–H and O–H groups in total. The first-order chi connectivity index (χ1) is 23.5. The number of furan rings is 1. The molecule has 2 nitrogen and oxygen atoms in total. The Morgan fingerprint density at radius 2 is 0.735 bits per heavy atom. The summed E-state index contributed by atoms with van der Waals surface area (Å²) in [6, 6.07) is 27.8. The van der Waals surface area contributed by atoms with E-state index >= 15 is 0 Å². The molecule has 0 saturated carbocycles. The largest absolute Gasteiger partial charge is 0.509 e. The Morgan fingerprint density at radius 3 is 1.22 bits per heavy atom. The quantitative estimate of drug-likeness (QED) is 0.224. The molecule has 0 aliphatic heterocycles. The first-order valence-electron chi connectivity index (χ1n) is 15.4. The highest BCUT2D eigenvalue weighted by atomic mass is 16.3. The second-order valence-electron chi connectivity index (χ2n) is 12.2. The molecular weight excluding hydrogens is 586 g/mol. The molecule has 8 rings (SSSR count). The predicted molar refractivity (Wildman–Crippen MR) is 215 cm³/mol. The molecule has 0 aliphatic rings. The number of fused-ring (bicyclic) bond motifs is 5. The lowest BCUT2D eigenvalue weighted by atomic mass is 9.59. The Hall–Kier alpha value is -4.76. The van der Waals surface area contributed by atoms with Gasteiger partial charge in [-0.05, 0) is 84.7 Å². The highest BCUT2D eigenvalue weighted by Gasteiger charge is 2.22. The lowest BCUT2D eigenvalue weighted by Crippen LogP contribution is -2.55. The van der Waals surface area contributed by atoms with Crippen molar-refractivity contribution < 1.29 is 9.52 Å². The first-order valence-corrected chi connectivity index (χ1v) is 15.4. The van der Waals surface area contributed by atoms with Crippen molar-refractivity contribution in [2.45, 2.75) is 0 Å². The van der Waals surface area contributed by atoms with E-state index in [1.54, 1.807) is 0 Å². The van der Waals surface area contributed by atoms with Crippen LogP contribution in [0.25, 0.3) is 76.9 Å². The van der Waals surface area contributed by atoms with Crippen molar-refractivity contribution in [1.82, 2.24) is 0 Å². The Bertz CT molecular complexity index is 2620. The lowest BCUT2D eigenvalue weighted by molar-refractivity contribution is 0.484. The second kappa shape index (κ2) is 11.4. The van der Waals surface area contributed by atoms with Gasteiger partial charge in [-0.15, -0.1) is 21.9 Å². The van der Waals surface area contributed by atoms with Crippen LogP contribution in [-0.2, 0) is 0 Å². The predicted octanol–water partition coefficient (Wildman–Crippen LogP) is -0.257. The van der Waals surface area contributed by atoms with E-state index in [2.05, 4.69) is 18.2 Å². The number of phenolic OH excluding ortho intramolecular Hbond substituents is 1. The summed E-state index contributed by atoms with van der Waals surface area (Å²) in [5, 5.41) is 16.0. The zero-order valence-electron chi connectivity index (χ0n) is 26.1. The maximum absolute atomic E-state index is 10.6. The SMILES string of the molecule is [B]c1c([B])c([B])c(-c2c3ccccc3c(-c3ccc4oc5ccc(-c6c([B])c([B])c([B])c(O)c6[B])cc5c4c3)c3ccccc23)c([B])c1[B]. The zero-order valence-corrected chi connectivity index (χ0v) is 26.1. The molecule has 0 amide bonds. The summed E-state index contributed by atoms with van der Waals surface area (Å²) < 4.78 is 6.25. The molecule has 11 heteroatoms. The molecular formula is C38H15B9O2. The van der Waals surface area contributed by atoms with E-state index in [1.807, 2.05) is 66.7 Å². The number of phenols is 1. The van der Waals surface area contributed by atoms with Gasteiger partial charge >= 0.3 is 0 Å². The summed E-state index contributed by atoms with van der Waals surface area (Å²) in [6.45, 7) is 0. The van der Waals surface area contributed by atoms with Gasteiger partial charge in [-0.2, -0.15) is 0 Å². The number of hydrogen-bond donors (Lipinski definition) is 1. The summed E-state index contributed by atoms with van der Waals surface area (Å²) in [7, 11) is 56.8. The topological polar surface area (TPSA) is 33.4 Å². The van der Waals surface area contributed by atoms with Crippen LogP contribution >= 0.6 is 0 Å². The van der Waals surface area contributed by atoms with Crippen molar-refractivity contribution in [1.29, 1.82) is 0 Å². The van der Waals surface area contributed by atoms with E-state index in [-0.39, 0.29) is 54.9 Å². The molecule has 206 valence electrons. The van der Waals surface area contributed by atoms with Gasteiger partial charge in [0.2, 0.25) is 0 Å². The van der Waals surface area contributed by atoms with Crippen LogP contribution < -0.4 is 49.2 Å². The second-order valence-corrected chi connectivity index (χ2v) is 12.2. The minimum absolute atomic E-state index is 0.0426. The van der Waals surface area contributed by atoms with Crippen molar-refractivity contribution in [3.8, 4) is 39.1 Å². The van der Waals surface area contributed by atoms with E-state index in [0.29, 0.717) is 27.9 Å². The third-order valence-electron chi connectivity index (χ3n) is 9.56. The molecule has 0 fully saturated rings. The van der Waals surface area contributed by atoms with Gasteiger partial charge in [-0.1, -0.05) is 82.5 Å². The van der Waals surface area contributed by atoms with E-state index in [1.165, 1.54) is 0 Å². The number of rotatable bonds is 3. The standard InChI is InChI=1S/C38H15B9O2/c39-29-26(32(42)38(48)37(47)35(29)45)16-10-12-24-22(14-16)21-13-15(9-11-23(21)49-24)25-17-5-1-3-7-19(17)27(20-8-4-2-6-18(20)25)28-30(40)33(43)36(46)34(44)31(28)41/h1-14,48H. The molecule has 49 heavy (non-hydrogen) atoms. The average molecular weight is 601 g/mol. The number of hydrogen-bond acceptors (Lipinski definition) is 2. The van der Waals surface area contributed by atoms with Crippen molar-refractivity contribution in [3.05, 3.63) is 84.9 Å². The van der Waals surface area contributed by atoms with Crippen LogP contribution in [0.4, 0.5) is 0 Å². The third-order valence-corrected chi connectivity index (χ3v) is 9.56. The Balaban J connectivity index is 1.42. The molecule has 7 aromatic carbocycles. The van der Waals surface area contributed by atoms with Crippen molar-refractivity contribution >= 4 is 163 Å². The summed E-state index contributed by atoms with van der Waals surface area (Å²) in [6.07, 6.45) is 0. The maximum Gasteiger partial charge on any atom is 0.135 e. The summed E-state index contributed by atoms with van der Waals surface area (Å²) in [5.41, 5.74) is 7.02. The van der Waals surface area contributed by atoms with Crippen LogP contribution in [0, 0.1) is 0 Å². The van der Waals surface area contributed by atoms with Crippen molar-refractivity contribution in [2.24, 2.45) is 0 Å². The molecule has 1 heterocycles. The molecule has 0 atom stereocenters. The smallest absolute Gasteiger partial charge is 0.135 e. The monoisotopic (exact) mass is 602 g/mol. The molecule has 0 bridgehead atoms. The fraction of sp³-hybridized carbons (Fsp3) is 0. The average Bonchev–Trinajstić information content (AvgIpc) is 3.48. The third kappa shape index (κ3) is 4.54. The molecule has 0 saturated heterocycles. The molecule has 0 spiro atoms. The Labute approximate surface area is 295 Å². The van der Waals surface area contributed by atoms with E-state index < -0.39 is 0 Å². The number of benzene rings is 7. The van der Waals surface area contributed by atoms with Gasteiger partial charge in [0.15, 0.2) is 0 Å². The molecule has 8 aromatic rings. The summed E-state index contributed by atoms with van der Waals surface area (Å²) in [5.74, 6) is -0.309. The fourth-order valence-corrected chi connectivity index (χ4v) is 7.04. The minimum atomic E-state index is -0.309.